The number of aliphatic imine (C=N–C) groups is 1. The Bertz CT molecular complexity index is 772. The molecule has 0 radical (unpaired) electrons. The molecule has 2 aromatic rings. The van der Waals surface area contributed by atoms with Crippen molar-refractivity contribution in [1.82, 2.24) is 10.9 Å². The van der Waals surface area contributed by atoms with E-state index in [0.29, 0.717) is 6.42 Å². The summed E-state index contributed by atoms with van der Waals surface area (Å²) in [7, 11) is 0. The summed E-state index contributed by atoms with van der Waals surface area (Å²) in [5.41, 5.74) is 4.84. The molecule has 124 valence electrons. The zero-order valence-electron chi connectivity index (χ0n) is 12.5. The minimum atomic E-state index is -4.50. The lowest BCUT2D eigenvalue weighted by atomic mass is 10.0. The third kappa shape index (κ3) is 3.40. The van der Waals surface area contributed by atoms with Crippen LogP contribution in [0.3, 0.4) is 0 Å². The van der Waals surface area contributed by atoms with E-state index in [2.05, 4.69) is 15.8 Å². The van der Waals surface area contributed by atoms with E-state index in [1.807, 2.05) is 30.3 Å². The van der Waals surface area contributed by atoms with Crippen LogP contribution in [0.5, 0.6) is 0 Å². The standard InChI is InChI=1S/C17H14F3N3O/c18-17(19,20)13-9-5-4-8-12(13)15-21-14(16(24)23-22-15)10-11-6-2-1-3-7-11/h1-9,14H,10H2,(H,21,22)(H,23,24). The number of halogens is 3. The summed E-state index contributed by atoms with van der Waals surface area (Å²) in [6.45, 7) is 0. The number of amidine groups is 1. The summed E-state index contributed by atoms with van der Waals surface area (Å²) in [5, 5.41) is 0. The highest BCUT2D eigenvalue weighted by Crippen LogP contribution is 2.32. The fourth-order valence-electron chi connectivity index (χ4n) is 2.50. The molecule has 1 aliphatic heterocycles. The van der Waals surface area contributed by atoms with Gasteiger partial charge in [0.25, 0.3) is 5.91 Å². The van der Waals surface area contributed by atoms with Gasteiger partial charge in [-0.2, -0.15) is 13.2 Å². The summed E-state index contributed by atoms with van der Waals surface area (Å²) in [5.74, 6) is -0.379. The minimum absolute atomic E-state index is 0.00320. The third-order valence-electron chi connectivity index (χ3n) is 3.65. The number of alkyl halides is 3. The van der Waals surface area contributed by atoms with Crippen molar-refractivity contribution in [3.05, 3.63) is 71.3 Å². The van der Waals surface area contributed by atoms with E-state index in [0.717, 1.165) is 11.6 Å². The lowest BCUT2D eigenvalue weighted by Gasteiger charge is -2.24. The topological polar surface area (TPSA) is 53.5 Å². The van der Waals surface area contributed by atoms with E-state index < -0.39 is 17.8 Å². The number of hydrogen-bond acceptors (Lipinski definition) is 3. The van der Waals surface area contributed by atoms with Gasteiger partial charge in [0, 0.05) is 12.0 Å². The van der Waals surface area contributed by atoms with Crippen LogP contribution in [0, 0.1) is 0 Å². The van der Waals surface area contributed by atoms with Crippen LogP contribution < -0.4 is 10.9 Å². The Balaban J connectivity index is 1.94. The largest absolute Gasteiger partial charge is 0.417 e. The van der Waals surface area contributed by atoms with Crippen LogP contribution in [0.1, 0.15) is 16.7 Å². The van der Waals surface area contributed by atoms with E-state index in [1.54, 1.807) is 0 Å². The number of benzene rings is 2. The molecule has 0 saturated carbocycles. The normalized spacial score (nSPS) is 17.7. The zero-order valence-corrected chi connectivity index (χ0v) is 12.5. The Morgan fingerprint density at radius 1 is 0.958 bits per heavy atom. The number of amides is 1. The maximum atomic E-state index is 13.2. The van der Waals surface area contributed by atoms with Crippen molar-refractivity contribution < 1.29 is 18.0 Å². The smallest absolute Gasteiger partial charge is 0.282 e. The Morgan fingerprint density at radius 3 is 2.33 bits per heavy atom. The van der Waals surface area contributed by atoms with Crippen LogP contribution in [-0.4, -0.2) is 17.8 Å². The van der Waals surface area contributed by atoms with E-state index >= 15 is 0 Å². The van der Waals surface area contributed by atoms with Crippen LogP contribution in [0.2, 0.25) is 0 Å². The third-order valence-corrected chi connectivity index (χ3v) is 3.65. The van der Waals surface area contributed by atoms with E-state index in [-0.39, 0.29) is 17.3 Å². The highest BCUT2D eigenvalue weighted by Gasteiger charge is 2.35. The van der Waals surface area contributed by atoms with Crippen molar-refractivity contribution in [2.24, 2.45) is 4.99 Å². The highest BCUT2D eigenvalue weighted by atomic mass is 19.4. The molecular weight excluding hydrogens is 319 g/mol. The first kappa shape index (κ1) is 16.0. The number of carbonyl (C=O) groups is 1. The number of hydrogen-bond donors (Lipinski definition) is 2. The average molecular weight is 333 g/mol. The molecule has 1 heterocycles. The average Bonchev–Trinajstić information content (AvgIpc) is 2.57. The molecule has 4 nitrogen and oxygen atoms in total. The number of carbonyl (C=O) groups excluding carboxylic acids is 1. The van der Waals surface area contributed by atoms with Crippen molar-refractivity contribution in [1.29, 1.82) is 0 Å². The second kappa shape index (κ2) is 6.35. The van der Waals surface area contributed by atoms with Crippen LogP contribution in [0.25, 0.3) is 0 Å². The lowest BCUT2D eigenvalue weighted by molar-refractivity contribution is -0.137. The molecule has 7 heteroatoms. The number of nitrogens with one attached hydrogen (secondary N) is 2. The number of nitrogens with zero attached hydrogens (tertiary/aromatic N) is 1. The van der Waals surface area contributed by atoms with Gasteiger partial charge < -0.3 is 0 Å². The van der Waals surface area contributed by atoms with Gasteiger partial charge in [0.1, 0.15) is 11.9 Å². The molecule has 0 bridgehead atoms. The molecule has 0 saturated heterocycles. The predicted molar refractivity (Wildman–Crippen MR) is 83.2 cm³/mol. The first-order chi connectivity index (χ1) is 11.4. The maximum Gasteiger partial charge on any atom is 0.417 e. The fourth-order valence-corrected chi connectivity index (χ4v) is 2.50. The molecule has 1 amide bonds. The van der Waals surface area contributed by atoms with Crippen molar-refractivity contribution in [2.75, 3.05) is 0 Å². The van der Waals surface area contributed by atoms with Gasteiger partial charge in [-0.25, -0.2) is 0 Å². The molecular formula is C17H14F3N3O. The summed E-state index contributed by atoms with van der Waals surface area (Å²) in [6, 6.07) is 13.5. The SMILES string of the molecule is O=C1NNC(c2ccccc2C(F)(F)F)=NC1Cc1ccccc1. The molecule has 2 aromatic carbocycles. The summed E-state index contributed by atoms with van der Waals surface area (Å²) >= 11 is 0. The second-order valence-corrected chi connectivity index (χ2v) is 5.34. The van der Waals surface area contributed by atoms with Gasteiger partial charge >= 0.3 is 6.18 Å². The van der Waals surface area contributed by atoms with Crippen molar-refractivity contribution in [3.8, 4) is 0 Å². The summed E-state index contributed by atoms with van der Waals surface area (Å²) in [4.78, 5) is 16.2. The van der Waals surface area contributed by atoms with Crippen molar-refractivity contribution >= 4 is 11.7 Å². The molecule has 24 heavy (non-hydrogen) atoms. The van der Waals surface area contributed by atoms with Crippen molar-refractivity contribution in [2.45, 2.75) is 18.6 Å². The van der Waals surface area contributed by atoms with Crippen molar-refractivity contribution in [3.63, 3.8) is 0 Å². The first-order valence-electron chi connectivity index (χ1n) is 7.29. The Kier molecular flexibility index (Phi) is 4.24. The monoisotopic (exact) mass is 333 g/mol. The quantitative estimate of drug-likeness (QED) is 0.907. The molecule has 0 aromatic heterocycles. The minimum Gasteiger partial charge on any atom is -0.282 e. The summed E-state index contributed by atoms with van der Waals surface area (Å²) < 4.78 is 39.5. The van der Waals surface area contributed by atoms with Gasteiger partial charge in [-0.3, -0.25) is 20.6 Å². The molecule has 1 aliphatic rings. The van der Waals surface area contributed by atoms with Gasteiger partial charge in [0.05, 0.1) is 5.56 Å². The van der Waals surface area contributed by atoms with Crippen LogP contribution >= 0.6 is 0 Å². The number of rotatable bonds is 3. The van der Waals surface area contributed by atoms with Gasteiger partial charge in [0.2, 0.25) is 0 Å². The Hall–Kier alpha value is -2.83. The molecule has 0 fully saturated rings. The first-order valence-corrected chi connectivity index (χ1v) is 7.29. The molecule has 3 rings (SSSR count). The molecule has 1 atom stereocenters. The Morgan fingerprint density at radius 2 is 1.62 bits per heavy atom. The van der Waals surface area contributed by atoms with Gasteiger partial charge in [-0.15, -0.1) is 0 Å². The van der Waals surface area contributed by atoms with Crippen LogP contribution in [-0.2, 0) is 17.4 Å². The summed E-state index contributed by atoms with van der Waals surface area (Å²) in [6.07, 6.45) is -4.19. The maximum absolute atomic E-state index is 13.2. The van der Waals surface area contributed by atoms with Gasteiger partial charge in [-0.05, 0) is 11.6 Å². The second-order valence-electron chi connectivity index (χ2n) is 5.34. The van der Waals surface area contributed by atoms with E-state index in [4.69, 9.17) is 0 Å². The van der Waals surface area contributed by atoms with Gasteiger partial charge in [0.15, 0.2) is 0 Å². The zero-order chi connectivity index (χ0) is 17.2. The fraction of sp³-hybridized carbons (Fsp3) is 0.176. The molecule has 0 aliphatic carbocycles. The molecule has 2 N–H and O–H groups in total. The van der Waals surface area contributed by atoms with Crippen LogP contribution in [0.4, 0.5) is 13.2 Å². The van der Waals surface area contributed by atoms with Gasteiger partial charge in [-0.1, -0.05) is 48.5 Å². The van der Waals surface area contributed by atoms with E-state index in [9.17, 15) is 18.0 Å². The van der Waals surface area contributed by atoms with Crippen LogP contribution in [0.15, 0.2) is 59.6 Å². The Labute approximate surface area is 136 Å². The molecule has 0 spiro atoms. The molecule has 1 unspecified atom stereocenters. The number of hydrazine groups is 1. The van der Waals surface area contributed by atoms with E-state index in [1.165, 1.54) is 18.2 Å². The predicted octanol–water partition coefficient (Wildman–Crippen LogP) is 2.70. The highest BCUT2D eigenvalue weighted by molar-refractivity contribution is 6.04. The lowest BCUT2D eigenvalue weighted by Crippen LogP contribution is -2.52.